The summed E-state index contributed by atoms with van der Waals surface area (Å²) >= 11 is 0. The van der Waals surface area contributed by atoms with Crippen LogP contribution in [0.3, 0.4) is 0 Å². The summed E-state index contributed by atoms with van der Waals surface area (Å²) in [5.74, 6) is 0.970. The van der Waals surface area contributed by atoms with Gasteiger partial charge in [-0.25, -0.2) is 9.97 Å². The highest BCUT2D eigenvalue weighted by Gasteiger charge is 2.13. The molecule has 0 aliphatic carbocycles. The zero-order chi connectivity index (χ0) is 16.1. The van der Waals surface area contributed by atoms with Gasteiger partial charge >= 0.3 is 0 Å². The first kappa shape index (κ1) is 15.9. The van der Waals surface area contributed by atoms with Crippen LogP contribution in [0.5, 0.6) is 0 Å². The molecule has 5 heteroatoms. The maximum absolute atomic E-state index is 11.9. The first-order valence-electron chi connectivity index (χ1n) is 7.54. The molecule has 0 aliphatic rings. The standard InChI is InChI=1S/C17H22N4O/c1-4-9-19-17(22)14-10-20-16(21-15(14)18)13-7-5-12(6-8-13)11(2)3/h5-8,10-11H,4,9H2,1-3H3,(H,19,22)(H2,18,20,21). The molecular weight excluding hydrogens is 276 g/mol. The lowest BCUT2D eigenvalue weighted by molar-refractivity contribution is 0.0954. The highest BCUT2D eigenvalue weighted by atomic mass is 16.1. The normalized spacial score (nSPS) is 10.7. The molecule has 0 unspecified atom stereocenters. The van der Waals surface area contributed by atoms with E-state index in [9.17, 15) is 4.79 Å². The molecule has 2 aromatic rings. The van der Waals surface area contributed by atoms with Crippen LogP contribution in [0.15, 0.2) is 30.5 Å². The summed E-state index contributed by atoms with van der Waals surface area (Å²) in [5.41, 5.74) is 8.36. The number of anilines is 1. The van der Waals surface area contributed by atoms with Gasteiger partial charge in [0.2, 0.25) is 0 Å². The van der Waals surface area contributed by atoms with Crippen LogP contribution in [0.1, 0.15) is 49.0 Å². The van der Waals surface area contributed by atoms with Gasteiger partial charge in [-0.1, -0.05) is 45.0 Å². The second-order valence-electron chi connectivity index (χ2n) is 5.53. The molecule has 3 N–H and O–H groups in total. The van der Waals surface area contributed by atoms with Crippen LogP contribution in [-0.4, -0.2) is 22.4 Å². The van der Waals surface area contributed by atoms with E-state index in [2.05, 4.69) is 41.3 Å². The number of nitrogen functional groups attached to an aromatic ring is 1. The Kier molecular flexibility index (Phi) is 5.09. The van der Waals surface area contributed by atoms with E-state index >= 15 is 0 Å². The van der Waals surface area contributed by atoms with Crippen molar-refractivity contribution in [1.29, 1.82) is 0 Å². The van der Waals surface area contributed by atoms with Crippen LogP contribution < -0.4 is 11.1 Å². The van der Waals surface area contributed by atoms with Crippen molar-refractivity contribution in [3.8, 4) is 11.4 Å². The molecular formula is C17H22N4O. The zero-order valence-corrected chi connectivity index (χ0v) is 13.3. The van der Waals surface area contributed by atoms with E-state index in [1.165, 1.54) is 11.8 Å². The van der Waals surface area contributed by atoms with Gasteiger partial charge in [0.05, 0.1) is 5.56 Å². The van der Waals surface area contributed by atoms with Crippen molar-refractivity contribution in [1.82, 2.24) is 15.3 Å². The Balaban J connectivity index is 2.23. The second kappa shape index (κ2) is 7.02. The Morgan fingerprint density at radius 3 is 2.50 bits per heavy atom. The Morgan fingerprint density at radius 1 is 1.27 bits per heavy atom. The fourth-order valence-corrected chi connectivity index (χ4v) is 2.06. The van der Waals surface area contributed by atoms with Crippen molar-refractivity contribution in [3.63, 3.8) is 0 Å². The molecule has 1 aromatic carbocycles. The second-order valence-corrected chi connectivity index (χ2v) is 5.53. The maximum Gasteiger partial charge on any atom is 0.256 e. The monoisotopic (exact) mass is 298 g/mol. The van der Waals surface area contributed by atoms with Gasteiger partial charge in [0, 0.05) is 18.3 Å². The molecule has 1 heterocycles. The number of nitrogens with two attached hydrogens (primary N) is 1. The van der Waals surface area contributed by atoms with Gasteiger partial charge in [0.1, 0.15) is 5.82 Å². The molecule has 2 rings (SSSR count). The minimum Gasteiger partial charge on any atom is -0.383 e. The number of carbonyl (C=O) groups is 1. The van der Waals surface area contributed by atoms with E-state index in [1.807, 2.05) is 19.1 Å². The lowest BCUT2D eigenvalue weighted by Gasteiger charge is -2.09. The minimum atomic E-state index is -0.235. The summed E-state index contributed by atoms with van der Waals surface area (Å²) in [5, 5.41) is 2.77. The average molecular weight is 298 g/mol. The number of aromatic nitrogens is 2. The number of nitrogens with one attached hydrogen (secondary N) is 1. The van der Waals surface area contributed by atoms with Gasteiger partial charge < -0.3 is 11.1 Å². The predicted octanol–water partition coefficient (Wildman–Crippen LogP) is 2.99. The Bertz CT molecular complexity index is 650. The smallest absolute Gasteiger partial charge is 0.256 e. The molecule has 0 radical (unpaired) electrons. The molecule has 116 valence electrons. The van der Waals surface area contributed by atoms with E-state index in [1.54, 1.807) is 0 Å². The molecule has 1 amide bonds. The van der Waals surface area contributed by atoms with Crippen LogP contribution in [-0.2, 0) is 0 Å². The summed E-state index contributed by atoms with van der Waals surface area (Å²) in [6.45, 7) is 6.89. The van der Waals surface area contributed by atoms with Crippen LogP contribution >= 0.6 is 0 Å². The van der Waals surface area contributed by atoms with Crippen molar-refractivity contribution in [2.24, 2.45) is 0 Å². The zero-order valence-electron chi connectivity index (χ0n) is 13.3. The molecule has 1 aromatic heterocycles. The Hall–Kier alpha value is -2.43. The SMILES string of the molecule is CCCNC(=O)c1cnc(-c2ccc(C(C)C)cc2)nc1N. The van der Waals surface area contributed by atoms with Crippen LogP contribution in [0.25, 0.3) is 11.4 Å². The van der Waals surface area contributed by atoms with E-state index in [-0.39, 0.29) is 11.7 Å². The van der Waals surface area contributed by atoms with Crippen molar-refractivity contribution in [3.05, 3.63) is 41.6 Å². The largest absolute Gasteiger partial charge is 0.383 e. The first-order valence-corrected chi connectivity index (χ1v) is 7.54. The molecule has 0 aliphatic heterocycles. The Labute approximate surface area is 131 Å². The number of rotatable bonds is 5. The van der Waals surface area contributed by atoms with Crippen molar-refractivity contribution in [2.75, 3.05) is 12.3 Å². The number of hydrogen-bond donors (Lipinski definition) is 2. The predicted molar refractivity (Wildman–Crippen MR) is 88.6 cm³/mol. The molecule has 0 atom stereocenters. The molecule has 22 heavy (non-hydrogen) atoms. The molecule has 5 nitrogen and oxygen atoms in total. The number of carbonyl (C=O) groups excluding carboxylic acids is 1. The van der Waals surface area contributed by atoms with Gasteiger partial charge in [-0.15, -0.1) is 0 Å². The minimum absolute atomic E-state index is 0.200. The highest BCUT2D eigenvalue weighted by molar-refractivity contribution is 5.98. The van der Waals surface area contributed by atoms with Gasteiger partial charge in [-0.05, 0) is 17.9 Å². The number of benzene rings is 1. The van der Waals surface area contributed by atoms with E-state index in [0.717, 1.165) is 12.0 Å². The fraction of sp³-hybridized carbons (Fsp3) is 0.353. The van der Waals surface area contributed by atoms with E-state index in [0.29, 0.717) is 23.9 Å². The van der Waals surface area contributed by atoms with E-state index in [4.69, 9.17) is 5.73 Å². The number of amides is 1. The summed E-state index contributed by atoms with van der Waals surface area (Å²) in [7, 11) is 0. The highest BCUT2D eigenvalue weighted by Crippen LogP contribution is 2.21. The summed E-state index contributed by atoms with van der Waals surface area (Å²) in [6.07, 6.45) is 2.35. The van der Waals surface area contributed by atoms with Crippen molar-refractivity contribution >= 4 is 11.7 Å². The topological polar surface area (TPSA) is 80.9 Å². The van der Waals surface area contributed by atoms with Gasteiger partial charge in [0.25, 0.3) is 5.91 Å². The summed E-state index contributed by atoms with van der Waals surface area (Å²) < 4.78 is 0. The van der Waals surface area contributed by atoms with E-state index < -0.39 is 0 Å². The third kappa shape index (κ3) is 3.61. The third-order valence-electron chi connectivity index (χ3n) is 3.43. The average Bonchev–Trinajstić information content (AvgIpc) is 2.52. The fourth-order valence-electron chi connectivity index (χ4n) is 2.06. The van der Waals surface area contributed by atoms with Gasteiger partial charge in [-0.3, -0.25) is 4.79 Å². The summed E-state index contributed by atoms with van der Waals surface area (Å²) in [4.78, 5) is 20.4. The molecule has 0 saturated heterocycles. The molecule has 0 bridgehead atoms. The van der Waals surface area contributed by atoms with Crippen LogP contribution in [0, 0.1) is 0 Å². The lowest BCUT2D eigenvalue weighted by Crippen LogP contribution is -2.25. The third-order valence-corrected chi connectivity index (χ3v) is 3.43. The van der Waals surface area contributed by atoms with Crippen LogP contribution in [0.4, 0.5) is 5.82 Å². The van der Waals surface area contributed by atoms with Crippen molar-refractivity contribution in [2.45, 2.75) is 33.1 Å². The lowest BCUT2D eigenvalue weighted by atomic mass is 10.0. The maximum atomic E-state index is 11.9. The van der Waals surface area contributed by atoms with Gasteiger partial charge in [-0.2, -0.15) is 0 Å². The van der Waals surface area contributed by atoms with Crippen LogP contribution in [0.2, 0.25) is 0 Å². The molecule has 0 fully saturated rings. The van der Waals surface area contributed by atoms with Crippen molar-refractivity contribution < 1.29 is 4.79 Å². The number of nitrogens with zero attached hydrogens (tertiary/aromatic N) is 2. The Morgan fingerprint density at radius 2 is 1.95 bits per heavy atom. The summed E-state index contributed by atoms with van der Waals surface area (Å²) in [6, 6.07) is 8.06. The molecule has 0 saturated carbocycles. The van der Waals surface area contributed by atoms with Gasteiger partial charge in [0.15, 0.2) is 5.82 Å². The number of hydrogen-bond acceptors (Lipinski definition) is 4. The quantitative estimate of drug-likeness (QED) is 0.889. The molecule has 0 spiro atoms. The first-order chi connectivity index (χ1) is 10.5.